The van der Waals surface area contributed by atoms with E-state index in [2.05, 4.69) is 73.2 Å². The molecule has 6 fully saturated rings. The van der Waals surface area contributed by atoms with Gasteiger partial charge in [0, 0.05) is 159 Å². The summed E-state index contributed by atoms with van der Waals surface area (Å²) >= 11 is 12.6. The highest BCUT2D eigenvalue weighted by atomic mass is 35.5. The maximum absolute atomic E-state index is 13.9. The Morgan fingerprint density at radius 3 is 1.40 bits per heavy atom. The number of sulfonamides is 2. The van der Waals surface area contributed by atoms with Crippen molar-refractivity contribution in [1.82, 2.24) is 39.2 Å². The van der Waals surface area contributed by atoms with Gasteiger partial charge in [-0.25, -0.2) is 36.2 Å². The molecule has 31 heteroatoms. The highest BCUT2D eigenvalue weighted by molar-refractivity contribution is 7.90. The van der Waals surface area contributed by atoms with Gasteiger partial charge in [-0.05, 0) is 227 Å². The van der Waals surface area contributed by atoms with Gasteiger partial charge in [0.1, 0.15) is 34.3 Å². The van der Waals surface area contributed by atoms with Crippen LogP contribution in [0.3, 0.4) is 0 Å². The number of anilines is 2. The first-order valence-electron chi connectivity index (χ1n) is 42.9. The van der Waals surface area contributed by atoms with E-state index in [0.29, 0.717) is 90.4 Å². The number of H-pyrrole nitrogens is 2. The smallest absolute Gasteiger partial charge is 0.273 e. The van der Waals surface area contributed by atoms with Crippen LogP contribution in [0.4, 0.5) is 22.7 Å². The van der Waals surface area contributed by atoms with Crippen LogP contribution in [0.25, 0.3) is 33.2 Å². The van der Waals surface area contributed by atoms with Crippen LogP contribution in [-0.4, -0.2) is 173 Å². The fraction of sp³-hybridized carbons (Fsp3) is 0.398. The molecule has 18 rings (SSSR count). The van der Waals surface area contributed by atoms with E-state index in [4.69, 9.17) is 46.9 Å². The van der Waals surface area contributed by atoms with Gasteiger partial charge in [-0.15, -0.1) is 0 Å². The molecule has 2 spiro atoms. The van der Waals surface area contributed by atoms with Gasteiger partial charge in [0.15, 0.2) is 0 Å². The predicted octanol–water partition coefficient (Wildman–Crippen LogP) is 17.6. The Kier molecular flexibility index (Phi) is 25.7. The fourth-order valence-electron chi connectivity index (χ4n) is 18.9. The first-order chi connectivity index (χ1) is 60.0. The van der Waals surface area contributed by atoms with Gasteiger partial charge in [-0.1, -0.05) is 83.6 Å². The summed E-state index contributed by atoms with van der Waals surface area (Å²) in [5.41, 5.74) is 12.5. The van der Waals surface area contributed by atoms with Gasteiger partial charge < -0.3 is 43.5 Å². The molecule has 2 saturated carbocycles. The topological polar surface area (TPSA) is 329 Å². The van der Waals surface area contributed by atoms with Crippen molar-refractivity contribution in [1.29, 1.82) is 0 Å². The third kappa shape index (κ3) is 19.9. The Morgan fingerprint density at radius 2 is 0.984 bits per heavy atom. The summed E-state index contributed by atoms with van der Waals surface area (Å²) in [5.74, 6) is -0.596. The SMILES string of the molecule is O=C(NS(=O)(=O)c1ccc(CC[C@@H]2CCCOC2)c([N+](=O)[O-])c1)c1ccc(N2CCN(CC3=C(c4ccc(Cl)cc4)CC4(CCC4)CC3)CC2)cc1Oc1cnc2[nH]ccc2c1.O=C(NS(=O)(=O)c1ccc(CC[C@@H]2COCCO2)c([N+](=O)[O-])c1)c1ccc(N2CCN(CC3=C(c4ccc(Cl)cc4)CC4(CCC4)CC3)CC2)cc1Oc1cnc2[nH]ccc2c1. The van der Waals surface area contributed by atoms with Crippen molar-refractivity contribution in [3.05, 3.63) is 245 Å². The molecule has 4 saturated heterocycles. The predicted molar refractivity (Wildman–Crippen MR) is 476 cm³/mol. The monoisotopic (exact) mass is 1760 g/mol. The normalized spacial score (nSPS) is 19.4. The molecule has 2 atom stereocenters. The zero-order valence-electron chi connectivity index (χ0n) is 68.9. The van der Waals surface area contributed by atoms with E-state index < -0.39 is 46.6 Å². The van der Waals surface area contributed by atoms with Gasteiger partial charge in [0.2, 0.25) is 0 Å². The van der Waals surface area contributed by atoms with Crippen LogP contribution in [0.5, 0.6) is 23.0 Å². The molecule has 0 radical (unpaired) electrons. The van der Waals surface area contributed by atoms with Crippen molar-refractivity contribution >= 4 is 111 Å². The summed E-state index contributed by atoms with van der Waals surface area (Å²) in [6.45, 7) is 10.8. The van der Waals surface area contributed by atoms with Gasteiger partial charge >= 0.3 is 0 Å². The number of rotatable bonds is 26. The number of carbonyl (C=O) groups excluding carboxylic acids is 2. The molecule has 6 aromatic carbocycles. The zero-order chi connectivity index (χ0) is 85.7. The summed E-state index contributed by atoms with van der Waals surface area (Å²) < 4.78 is 88.3. The highest BCUT2D eigenvalue weighted by Crippen LogP contribution is 2.57. The third-order valence-corrected chi connectivity index (χ3v) is 29.5. The van der Waals surface area contributed by atoms with E-state index in [-0.39, 0.29) is 57.3 Å². The van der Waals surface area contributed by atoms with Crippen molar-refractivity contribution in [3.8, 4) is 23.0 Å². The van der Waals surface area contributed by atoms with Crippen LogP contribution in [0.15, 0.2) is 191 Å². The minimum Gasteiger partial charge on any atom is -0.455 e. The Hall–Kier alpha value is -10.6. The first-order valence-corrected chi connectivity index (χ1v) is 46.6. The number of benzene rings is 6. The first kappa shape index (κ1) is 85.6. The summed E-state index contributed by atoms with van der Waals surface area (Å²) in [5, 5.41) is 27.3. The molecule has 0 unspecified atom stereocenters. The molecular weight excluding hydrogens is 1660 g/mol. The Morgan fingerprint density at radius 1 is 0.524 bits per heavy atom. The number of pyridine rings is 2. The molecule has 8 heterocycles. The molecule has 0 bridgehead atoms. The van der Waals surface area contributed by atoms with Gasteiger partial charge in [0.05, 0.1) is 69.1 Å². The number of aromatic nitrogens is 4. The largest absolute Gasteiger partial charge is 0.455 e. The number of aryl methyl sites for hydroxylation is 2. The average Bonchev–Trinajstić information content (AvgIpc) is 0.776. The number of nitro groups is 2. The van der Waals surface area contributed by atoms with Crippen LogP contribution >= 0.6 is 23.2 Å². The summed E-state index contributed by atoms with van der Waals surface area (Å²) in [7, 11) is -9.08. The number of amides is 2. The number of fused-ring (bicyclic) bond motifs is 2. The van der Waals surface area contributed by atoms with Crippen LogP contribution in [0.2, 0.25) is 10.0 Å². The lowest BCUT2D eigenvalue weighted by Gasteiger charge is -2.47. The highest BCUT2D eigenvalue weighted by Gasteiger charge is 2.43. The molecule has 8 aliphatic rings. The van der Waals surface area contributed by atoms with Crippen molar-refractivity contribution in [2.45, 2.75) is 131 Å². The number of ether oxygens (including phenoxy) is 5. The van der Waals surface area contributed by atoms with Gasteiger partial charge in [-0.3, -0.25) is 39.6 Å². The molecule has 27 nitrogen and oxygen atoms in total. The third-order valence-electron chi connectivity index (χ3n) is 26.3. The minimum absolute atomic E-state index is 0.0193. The molecule has 124 heavy (non-hydrogen) atoms. The number of nitro benzene ring substituents is 2. The molecule has 2 amide bonds. The maximum atomic E-state index is 13.9. The molecule has 4 aliphatic carbocycles. The minimum atomic E-state index is -4.55. The summed E-state index contributed by atoms with van der Waals surface area (Å²) in [6, 6.07) is 41.5. The quantitative estimate of drug-likeness (QED) is 0.0289. The standard InChI is InChI=1S/C47H51ClN6O7S.C46H49ClN6O8S/c48-37-9-6-33(7-10-37)42-28-47(16-2-17-47)18-14-36(42)30-52-20-22-53(23-21-52)38-11-13-41(44(26-38)61-39-25-35-15-19-49-45(35)50-29-39)46(55)51-62(58,59)40-12-8-34(43(27-40)54(56)57)5-4-32-3-1-24-60-31-32;47-35-6-2-31(3-7-35)41-27-46(14-1-15-46)16-12-34(41)29-51-18-20-52(21-19-51)36-8-11-40(43(25-36)61-38-24-33-13-17-48-44(33)49-28-38)45(54)50-62(57,58)39-10-5-32(42(26-39)53(55)56)4-9-37-30-59-22-23-60-37/h6-13,15,19,25-27,29,32H,1-5,14,16-18,20-24,28,30-31H2,(H,49,50)(H,51,55);2-3,5-8,10-11,13,17,24-26,28,37H,1,4,9,12,14-16,18-23,27,29-30H2,(H,48,49)(H,50,54)/t32-;37-/m01/s1. The van der Waals surface area contributed by atoms with E-state index in [1.54, 1.807) is 60.9 Å². The summed E-state index contributed by atoms with van der Waals surface area (Å²) in [4.78, 5) is 74.6. The second kappa shape index (κ2) is 37.3. The van der Waals surface area contributed by atoms with Crippen LogP contribution in [0.1, 0.15) is 146 Å². The number of hydrogen-bond acceptors (Lipinski definition) is 21. The second-order valence-corrected chi connectivity index (χ2v) is 38.4. The van der Waals surface area contributed by atoms with Gasteiger partial charge in [0.25, 0.3) is 43.2 Å². The maximum Gasteiger partial charge on any atom is 0.273 e. The van der Waals surface area contributed by atoms with Crippen molar-refractivity contribution in [3.63, 3.8) is 0 Å². The van der Waals surface area contributed by atoms with E-state index in [9.17, 15) is 46.7 Å². The number of nitrogens with one attached hydrogen (secondary N) is 4. The van der Waals surface area contributed by atoms with E-state index in [1.165, 1.54) is 121 Å². The summed E-state index contributed by atoms with van der Waals surface area (Å²) in [6.07, 6.45) is 25.0. The number of allylic oxidation sites excluding steroid dienone is 2. The Balaban J connectivity index is 0.000000176. The fourth-order valence-corrected chi connectivity index (χ4v) is 21.1. The van der Waals surface area contributed by atoms with Gasteiger partial charge in [-0.2, -0.15) is 0 Å². The van der Waals surface area contributed by atoms with E-state index in [0.717, 1.165) is 155 Å². The second-order valence-electron chi connectivity index (χ2n) is 34.2. The Labute approximate surface area is 730 Å². The van der Waals surface area contributed by atoms with Crippen LogP contribution < -0.4 is 28.7 Å². The van der Waals surface area contributed by atoms with Crippen molar-refractivity contribution < 1.29 is 60.0 Å². The van der Waals surface area contributed by atoms with Crippen LogP contribution in [-0.2, 0) is 47.1 Å². The van der Waals surface area contributed by atoms with Crippen molar-refractivity contribution in [2.24, 2.45) is 16.7 Å². The number of piperazine rings is 2. The lowest BCUT2D eigenvalue weighted by molar-refractivity contribution is -0.385. The lowest BCUT2D eigenvalue weighted by atomic mass is 9.59. The average molecular weight is 1760 g/mol. The number of nitrogens with zero attached hydrogens (tertiary/aromatic N) is 8. The lowest BCUT2D eigenvalue weighted by Crippen LogP contribution is -2.47. The molecule has 4 aliphatic heterocycles. The molecule has 648 valence electrons. The molecule has 10 aromatic rings. The number of carbonyl (C=O) groups is 2. The molecule has 4 aromatic heterocycles. The van der Waals surface area contributed by atoms with Crippen LogP contribution in [0, 0.1) is 37.0 Å². The Bertz CT molecular complexity index is 5590. The number of hydrogen-bond donors (Lipinski definition) is 4. The van der Waals surface area contributed by atoms with E-state index in [1.807, 2.05) is 36.4 Å². The van der Waals surface area contributed by atoms with E-state index >= 15 is 0 Å². The number of aromatic amines is 2. The van der Waals surface area contributed by atoms with Crippen molar-refractivity contribution in [2.75, 3.05) is 108 Å². The zero-order valence-corrected chi connectivity index (χ0v) is 72.1. The molecule has 4 N–H and O–H groups in total. The molecular formula is C93H100Cl2N12O15S2. The number of halogens is 2.